The van der Waals surface area contributed by atoms with Crippen molar-refractivity contribution in [1.82, 2.24) is 30.8 Å². The summed E-state index contributed by atoms with van der Waals surface area (Å²) >= 11 is 6.66. The van der Waals surface area contributed by atoms with Crippen molar-refractivity contribution in [3.8, 4) is 22.8 Å². The molecule has 0 bridgehead atoms. The maximum absolute atomic E-state index is 13.2. The highest BCUT2D eigenvalue weighted by Gasteiger charge is 2.22. The number of fused-ring (bicyclic) bond motifs is 1. The summed E-state index contributed by atoms with van der Waals surface area (Å²) in [4.78, 5) is 21.3. The number of carbonyl (C=O) groups excluding carboxylic acids is 1. The molecule has 0 aliphatic carbocycles. The highest BCUT2D eigenvalue weighted by atomic mass is 35.5. The van der Waals surface area contributed by atoms with Gasteiger partial charge in [0.2, 0.25) is 0 Å². The Hall–Kier alpha value is -5.08. The Morgan fingerprint density at radius 2 is 1.69 bits per heavy atom. The molecule has 2 amide bonds. The summed E-state index contributed by atoms with van der Waals surface area (Å²) in [6, 6.07) is 32.3. The average Bonchev–Trinajstić information content (AvgIpc) is 3.59. The Kier molecular flexibility index (Phi) is 7.87. The van der Waals surface area contributed by atoms with Crippen LogP contribution in [0.5, 0.6) is 11.5 Å². The molecule has 0 saturated carbocycles. The molecule has 9 heteroatoms. The fourth-order valence-corrected chi connectivity index (χ4v) is 5.09. The lowest BCUT2D eigenvalue weighted by atomic mass is 10.1. The second-order valence-electron chi connectivity index (χ2n) is 9.95. The summed E-state index contributed by atoms with van der Waals surface area (Å²) in [5.41, 5.74) is 5.18. The van der Waals surface area contributed by atoms with E-state index in [2.05, 4.69) is 25.8 Å². The first-order chi connectivity index (χ1) is 20.5. The first-order valence-electron chi connectivity index (χ1n) is 13.6. The van der Waals surface area contributed by atoms with Gasteiger partial charge in [-0.2, -0.15) is 5.10 Å². The summed E-state index contributed by atoms with van der Waals surface area (Å²) in [6.07, 6.45) is 0.518. The number of ether oxygens (including phenoxy) is 1. The van der Waals surface area contributed by atoms with Crippen molar-refractivity contribution in [1.29, 1.82) is 0 Å². The fraction of sp³-hybridized carbons (Fsp3) is 0.121. The van der Waals surface area contributed by atoms with Crippen LogP contribution in [0.25, 0.3) is 22.2 Å². The van der Waals surface area contributed by atoms with Crippen LogP contribution in [-0.2, 0) is 13.0 Å². The van der Waals surface area contributed by atoms with E-state index in [9.17, 15) is 4.79 Å². The van der Waals surface area contributed by atoms with Gasteiger partial charge in [-0.05, 0) is 43.2 Å². The maximum Gasteiger partial charge on any atom is 0.315 e. The molecule has 0 aliphatic heterocycles. The van der Waals surface area contributed by atoms with Crippen molar-refractivity contribution in [2.75, 3.05) is 0 Å². The summed E-state index contributed by atoms with van der Waals surface area (Å²) in [5.74, 6) is 1.96. The lowest BCUT2D eigenvalue weighted by Crippen LogP contribution is -2.38. The smallest absolute Gasteiger partial charge is 0.315 e. The number of urea groups is 1. The lowest BCUT2D eigenvalue weighted by Gasteiger charge is -2.18. The third kappa shape index (κ3) is 6.14. The number of benzene rings is 4. The van der Waals surface area contributed by atoms with E-state index in [1.807, 2.05) is 110 Å². The Morgan fingerprint density at radius 1 is 0.952 bits per heavy atom. The van der Waals surface area contributed by atoms with Gasteiger partial charge in [-0.25, -0.2) is 9.78 Å². The Morgan fingerprint density at radius 3 is 2.50 bits per heavy atom. The van der Waals surface area contributed by atoms with Crippen molar-refractivity contribution in [2.45, 2.75) is 25.9 Å². The Bertz CT molecular complexity index is 1820. The standard InChI is InChI=1S/C33H29ClN6O2/c1-21-26-17-16-23(19-27(26)40-39-21)30-31(34)38-32(37-30)28(18-22-10-4-2-5-11-22)36-33(41)35-20-24-12-8-9-15-29(24)42-25-13-6-3-7-14-25/h2-17,19,28H,18,20H2,1H3,(H,37,38)(H,39,40)(H2,35,36,41)/t28-/m0/s1. The van der Waals surface area contributed by atoms with Crippen LogP contribution in [0.15, 0.2) is 103 Å². The number of hydrogen-bond acceptors (Lipinski definition) is 4. The number of nitrogens with zero attached hydrogens (tertiary/aromatic N) is 2. The monoisotopic (exact) mass is 576 g/mol. The van der Waals surface area contributed by atoms with E-state index in [0.29, 0.717) is 28.8 Å². The topological polar surface area (TPSA) is 108 Å². The normalized spacial score (nSPS) is 11.8. The molecule has 0 aliphatic rings. The van der Waals surface area contributed by atoms with Crippen molar-refractivity contribution < 1.29 is 9.53 Å². The molecule has 42 heavy (non-hydrogen) atoms. The largest absolute Gasteiger partial charge is 0.457 e. The quantitative estimate of drug-likeness (QED) is 0.143. The molecule has 4 N–H and O–H groups in total. The molecule has 6 rings (SSSR count). The van der Waals surface area contributed by atoms with E-state index in [0.717, 1.165) is 39.0 Å². The molecule has 0 radical (unpaired) electrons. The zero-order chi connectivity index (χ0) is 28.9. The molecule has 6 aromatic rings. The van der Waals surface area contributed by atoms with E-state index >= 15 is 0 Å². The molecule has 0 spiro atoms. The predicted molar refractivity (Wildman–Crippen MR) is 165 cm³/mol. The van der Waals surface area contributed by atoms with Gasteiger partial charge < -0.3 is 20.4 Å². The van der Waals surface area contributed by atoms with Crippen molar-refractivity contribution >= 4 is 28.5 Å². The van der Waals surface area contributed by atoms with E-state index in [1.165, 1.54) is 0 Å². The number of imidazole rings is 1. The van der Waals surface area contributed by atoms with Crippen LogP contribution in [0.2, 0.25) is 5.15 Å². The molecule has 210 valence electrons. The van der Waals surface area contributed by atoms with Gasteiger partial charge in [-0.3, -0.25) is 5.10 Å². The lowest BCUT2D eigenvalue weighted by molar-refractivity contribution is 0.236. The zero-order valence-electron chi connectivity index (χ0n) is 22.9. The third-order valence-electron chi connectivity index (χ3n) is 7.01. The third-order valence-corrected chi connectivity index (χ3v) is 7.28. The molecule has 0 saturated heterocycles. The summed E-state index contributed by atoms with van der Waals surface area (Å²) in [7, 11) is 0. The van der Waals surface area contributed by atoms with Gasteiger partial charge in [0.05, 0.1) is 17.3 Å². The van der Waals surface area contributed by atoms with Gasteiger partial charge in [0, 0.05) is 23.1 Å². The number of aromatic nitrogens is 4. The van der Waals surface area contributed by atoms with Gasteiger partial charge in [0.15, 0.2) is 0 Å². The van der Waals surface area contributed by atoms with Gasteiger partial charge in [0.25, 0.3) is 0 Å². The molecule has 2 aromatic heterocycles. The number of aromatic amines is 2. The highest BCUT2D eigenvalue weighted by molar-refractivity contribution is 6.32. The van der Waals surface area contributed by atoms with Crippen LogP contribution < -0.4 is 15.4 Å². The maximum atomic E-state index is 13.2. The van der Waals surface area contributed by atoms with Crippen LogP contribution in [0.1, 0.15) is 28.7 Å². The van der Waals surface area contributed by atoms with Crippen molar-refractivity contribution in [3.05, 3.63) is 131 Å². The summed E-state index contributed by atoms with van der Waals surface area (Å²) in [6.45, 7) is 2.23. The van der Waals surface area contributed by atoms with Gasteiger partial charge >= 0.3 is 6.03 Å². The number of rotatable bonds is 9. The van der Waals surface area contributed by atoms with Gasteiger partial charge in [0.1, 0.15) is 28.2 Å². The van der Waals surface area contributed by atoms with Crippen LogP contribution in [0.3, 0.4) is 0 Å². The number of carbonyl (C=O) groups is 1. The zero-order valence-corrected chi connectivity index (χ0v) is 23.7. The van der Waals surface area contributed by atoms with Crippen molar-refractivity contribution in [3.63, 3.8) is 0 Å². The summed E-state index contributed by atoms with van der Waals surface area (Å²) < 4.78 is 6.05. The second-order valence-corrected chi connectivity index (χ2v) is 10.3. The summed E-state index contributed by atoms with van der Waals surface area (Å²) in [5, 5.41) is 14.8. The van der Waals surface area contributed by atoms with Crippen LogP contribution >= 0.6 is 11.6 Å². The minimum atomic E-state index is -0.465. The van der Waals surface area contributed by atoms with Gasteiger partial charge in [-0.1, -0.05) is 90.5 Å². The first-order valence-corrected chi connectivity index (χ1v) is 14.0. The number of H-pyrrole nitrogens is 2. The number of hydrogen-bond donors (Lipinski definition) is 4. The van der Waals surface area contributed by atoms with E-state index in [1.54, 1.807) is 0 Å². The Labute approximate surface area is 248 Å². The van der Waals surface area contributed by atoms with Gasteiger partial charge in [-0.15, -0.1) is 0 Å². The van der Waals surface area contributed by atoms with E-state index < -0.39 is 6.04 Å². The van der Waals surface area contributed by atoms with Crippen molar-refractivity contribution in [2.24, 2.45) is 0 Å². The number of halogens is 1. The highest BCUT2D eigenvalue weighted by Crippen LogP contribution is 2.31. The molecule has 0 fully saturated rings. The fourth-order valence-electron chi connectivity index (χ4n) is 4.84. The molecular weight excluding hydrogens is 548 g/mol. The molecule has 4 aromatic carbocycles. The molecule has 0 unspecified atom stereocenters. The number of nitrogens with one attached hydrogen (secondary N) is 4. The van der Waals surface area contributed by atoms with Crippen LogP contribution in [0.4, 0.5) is 4.79 Å². The molecule has 2 heterocycles. The number of aryl methyl sites for hydroxylation is 1. The van der Waals surface area contributed by atoms with Crippen LogP contribution in [0, 0.1) is 6.92 Å². The molecule has 1 atom stereocenters. The first kappa shape index (κ1) is 27.1. The molecular formula is C33H29ClN6O2. The minimum absolute atomic E-state index is 0.278. The van der Waals surface area contributed by atoms with E-state index in [4.69, 9.17) is 21.3 Å². The van der Waals surface area contributed by atoms with E-state index in [-0.39, 0.29) is 12.6 Å². The SMILES string of the molecule is Cc1n[nH]c2cc(-c3nc([C@H](Cc4ccccc4)NC(=O)NCc4ccccc4Oc4ccccc4)[nH]c3Cl)ccc12. The predicted octanol–water partition coefficient (Wildman–Crippen LogP) is 7.49. The average molecular weight is 577 g/mol. The number of para-hydroxylation sites is 2. The van der Waals surface area contributed by atoms with Crippen LogP contribution in [-0.4, -0.2) is 26.2 Å². The minimum Gasteiger partial charge on any atom is -0.457 e. The number of amides is 2. The molecule has 8 nitrogen and oxygen atoms in total. The Balaban J connectivity index is 1.21. The second kappa shape index (κ2) is 12.2.